The zero-order chi connectivity index (χ0) is 12.8. The molecule has 0 spiro atoms. The van der Waals surface area contributed by atoms with Crippen molar-refractivity contribution >= 4 is 11.7 Å². The zero-order valence-electron chi connectivity index (χ0n) is 10.7. The van der Waals surface area contributed by atoms with Crippen LogP contribution in [0.1, 0.15) is 17.3 Å². The van der Waals surface area contributed by atoms with E-state index in [1.54, 1.807) is 44.4 Å². The van der Waals surface area contributed by atoms with Crippen molar-refractivity contribution in [3.63, 3.8) is 0 Å². The number of pyridine rings is 1. The summed E-state index contributed by atoms with van der Waals surface area (Å²) in [6.07, 6.45) is 1.62. The molecule has 94 valence electrons. The Bertz CT molecular complexity index is 382. The Hall–Kier alpha value is -1.62. The maximum absolute atomic E-state index is 12.1. The predicted molar refractivity (Wildman–Crippen MR) is 67.2 cm³/mol. The number of aromatic nitrogens is 1. The number of nitrogens with one attached hydrogen (secondary N) is 1. The molecule has 1 atom stereocenters. The summed E-state index contributed by atoms with van der Waals surface area (Å²) in [5.74, 6) is 0.650. The Morgan fingerprint density at radius 1 is 1.65 bits per heavy atom. The molecule has 1 rings (SSSR count). The van der Waals surface area contributed by atoms with Gasteiger partial charge in [-0.2, -0.15) is 0 Å². The highest BCUT2D eigenvalue weighted by Gasteiger charge is 2.17. The van der Waals surface area contributed by atoms with Gasteiger partial charge in [0.15, 0.2) is 0 Å². The lowest BCUT2D eigenvalue weighted by Gasteiger charge is -2.24. The summed E-state index contributed by atoms with van der Waals surface area (Å²) in [6.45, 7) is 2.47. The average molecular weight is 237 g/mol. The number of hydrogen-bond donors (Lipinski definition) is 1. The highest BCUT2D eigenvalue weighted by Crippen LogP contribution is 2.10. The number of methoxy groups -OCH3 is 1. The Morgan fingerprint density at radius 3 is 2.94 bits per heavy atom. The first-order valence-corrected chi connectivity index (χ1v) is 5.50. The third-order valence-electron chi connectivity index (χ3n) is 2.65. The summed E-state index contributed by atoms with van der Waals surface area (Å²) < 4.78 is 5.04. The van der Waals surface area contributed by atoms with Gasteiger partial charge in [0.2, 0.25) is 0 Å². The zero-order valence-corrected chi connectivity index (χ0v) is 10.7. The largest absolute Gasteiger partial charge is 0.383 e. The molecule has 0 saturated carbocycles. The van der Waals surface area contributed by atoms with E-state index in [0.29, 0.717) is 18.0 Å². The minimum absolute atomic E-state index is 0.0338. The fourth-order valence-electron chi connectivity index (χ4n) is 1.46. The van der Waals surface area contributed by atoms with Crippen LogP contribution >= 0.6 is 0 Å². The molecule has 0 aliphatic rings. The van der Waals surface area contributed by atoms with Gasteiger partial charge in [0.25, 0.3) is 5.91 Å². The maximum atomic E-state index is 12.1. The van der Waals surface area contributed by atoms with Crippen LogP contribution in [0.2, 0.25) is 0 Å². The molecule has 5 heteroatoms. The molecule has 5 nitrogen and oxygen atoms in total. The van der Waals surface area contributed by atoms with Gasteiger partial charge in [0.05, 0.1) is 12.6 Å². The van der Waals surface area contributed by atoms with Crippen LogP contribution in [0.5, 0.6) is 0 Å². The number of likely N-dealkylation sites (N-methyl/N-ethyl adjacent to an activating group) is 1. The molecular weight excluding hydrogens is 218 g/mol. The summed E-state index contributed by atoms with van der Waals surface area (Å²) in [5.41, 5.74) is 0.620. The van der Waals surface area contributed by atoms with Crippen LogP contribution in [0, 0.1) is 0 Å². The highest BCUT2D eigenvalue weighted by molar-refractivity contribution is 5.94. The number of carbonyl (C=O) groups excluding carboxylic acids is 1. The second kappa shape index (κ2) is 6.20. The van der Waals surface area contributed by atoms with Crippen LogP contribution in [0.4, 0.5) is 5.82 Å². The van der Waals surface area contributed by atoms with Crippen LogP contribution in [0.25, 0.3) is 0 Å². The van der Waals surface area contributed by atoms with Crippen molar-refractivity contribution in [1.29, 1.82) is 0 Å². The van der Waals surface area contributed by atoms with Crippen molar-refractivity contribution in [2.75, 3.05) is 33.1 Å². The van der Waals surface area contributed by atoms with Gasteiger partial charge in [0.1, 0.15) is 5.82 Å². The van der Waals surface area contributed by atoms with Crippen molar-refractivity contribution in [3.8, 4) is 0 Å². The predicted octanol–water partition coefficient (Wildman–Crippen LogP) is 1.23. The fraction of sp³-hybridized carbons (Fsp3) is 0.500. The first-order valence-electron chi connectivity index (χ1n) is 5.50. The van der Waals surface area contributed by atoms with Crippen LogP contribution in [-0.4, -0.2) is 49.6 Å². The van der Waals surface area contributed by atoms with E-state index >= 15 is 0 Å². The molecule has 0 radical (unpaired) electrons. The number of anilines is 1. The Kier molecular flexibility index (Phi) is 4.90. The second-order valence-corrected chi connectivity index (χ2v) is 3.90. The Morgan fingerprint density at radius 2 is 2.35 bits per heavy atom. The number of hydrogen-bond acceptors (Lipinski definition) is 4. The maximum Gasteiger partial charge on any atom is 0.254 e. The van der Waals surface area contributed by atoms with Gasteiger partial charge in [0, 0.05) is 33.0 Å². The number of amides is 1. The number of carbonyl (C=O) groups is 1. The number of ether oxygens (including phenoxy) is 1. The molecule has 17 heavy (non-hydrogen) atoms. The van der Waals surface area contributed by atoms with Crippen molar-refractivity contribution in [2.24, 2.45) is 0 Å². The van der Waals surface area contributed by atoms with E-state index in [1.165, 1.54) is 0 Å². The van der Waals surface area contributed by atoms with Crippen LogP contribution in [0.15, 0.2) is 18.3 Å². The standard InChI is InChI=1S/C12H19N3O2/c1-9(8-17-4)15(3)12(16)10-5-6-14-11(7-10)13-2/h5-7,9H,8H2,1-4H3,(H,13,14). The van der Waals surface area contributed by atoms with Crippen molar-refractivity contribution < 1.29 is 9.53 Å². The van der Waals surface area contributed by atoms with E-state index in [4.69, 9.17) is 4.74 Å². The van der Waals surface area contributed by atoms with Crippen molar-refractivity contribution in [3.05, 3.63) is 23.9 Å². The van der Waals surface area contributed by atoms with Crippen LogP contribution in [-0.2, 0) is 4.74 Å². The van der Waals surface area contributed by atoms with Crippen LogP contribution < -0.4 is 5.32 Å². The lowest BCUT2D eigenvalue weighted by molar-refractivity contribution is 0.0633. The molecule has 0 aliphatic carbocycles. The van der Waals surface area contributed by atoms with E-state index < -0.39 is 0 Å². The number of rotatable bonds is 5. The molecule has 0 saturated heterocycles. The summed E-state index contributed by atoms with van der Waals surface area (Å²) >= 11 is 0. The smallest absolute Gasteiger partial charge is 0.254 e. The van der Waals surface area contributed by atoms with Crippen LogP contribution in [0.3, 0.4) is 0 Å². The van der Waals surface area contributed by atoms with Gasteiger partial charge in [-0.25, -0.2) is 4.98 Å². The summed E-state index contributed by atoms with van der Waals surface area (Å²) in [7, 11) is 5.17. The van der Waals surface area contributed by atoms with Gasteiger partial charge < -0.3 is 15.0 Å². The minimum Gasteiger partial charge on any atom is -0.383 e. The van der Waals surface area contributed by atoms with Gasteiger partial charge in [-0.1, -0.05) is 0 Å². The lowest BCUT2D eigenvalue weighted by Crippen LogP contribution is -2.37. The van der Waals surface area contributed by atoms with Gasteiger partial charge in [-0.05, 0) is 19.1 Å². The summed E-state index contributed by atoms with van der Waals surface area (Å²) in [6, 6.07) is 3.48. The SMILES string of the molecule is CNc1cc(C(=O)N(C)C(C)COC)ccn1. The lowest BCUT2D eigenvalue weighted by atomic mass is 10.2. The summed E-state index contributed by atoms with van der Waals surface area (Å²) in [4.78, 5) is 17.9. The Labute approximate surface area is 102 Å². The summed E-state index contributed by atoms with van der Waals surface area (Å²) in [5, 5.41) is 2.91. The average Bonchev–Trinajstić information content (AvgIpc) is 2.37. The van der Waals surface area contributed by atoms with E-state index in [1.807, 2.05) is 6.92 Å². The first-order chi connectivity index (χ1) is 8.10. The normalized spacial score (nSPS) is 12.0. The molecule has 1 aromatic heterocycles. The van der Waals surface area contributed by atoms with E-state index in [-0.39, 0.29) is 11.9 Å². The van der Waals surface area contributed by atoms with E-state index in [0.717, 1.165) is 0 Å². The fourth-order valence-corrected chi connectivity index (χ4v) is 1.46. The van der Waals surface area contributed by atoms with Gasteiger partial charge >= 0.3 is 0 Å². The molecule has 0 fully saturated rings. The van der Waals surface area contributed by atoms with Gasteiger partial charge in [-0.3, -0.25) is 4.79 Å². The minimum atomic E-state index is -0.0338. The van der Waals surface area contributed by atoms with E-state index in [9.17, 15) is 4.79 Å². The van der Waals surface area contributed by atoms with E-state index in [2.05, 4.69) is 10.3 Å². The molecule has 1 heterocycles. The van der Waals surface area contributed by atoms with Crippen molar-refractivity contribution in [2.45, 2.75) is 13.0 Å². The molecule has 0 aliphatic heterocycles. The monoisotopic (exact) mass is 237 g/mol. The number of nitrogens with zero attached hydrogens (tertiary/aromatic N) is 2. The first kappa shape index (κ1) is 13.4. The molecule has 1 amide bonds. The molecule has 1 aromatic rings. The Balaban J connectivity index is 2.80. The molecule has 0 aromatic carbocycles. The second-order valence-electron chi connectivity index (χ2n) is 3.90. The topological polar surface area (TPSA) is 54.5 Å². The molecule has 1 N–H and O–H groups in total. The third-order valence-corrected chi connectivity index (χ3v) is 2.65. The van der Waals surface area contributed by atoms with Crippen molar-refractivity contribution in [1.82, 2.24) is 9.88 Å². The third kappa shape index (κ3) is 3.42. The quantitative estimate of drug-likeness (QED) is 0.837. The molecule has 0 bridgehead atoms. The molecular formula is C12H19N3O2. The molecule has 1 unspecified atom stereocenters. The van der Waals surface area contributed by atoms with Gasteiger partial charge in [-0.15, -0.1) is 0 Å². The highest BCUT2D eigenvalue weighted by atomic mass is 16.5.